The first-order valence-corrected chi connectivity index (χ1v) is 7.05. The summed E-state index contributed by atoms with van der Waals surface area (Å²) < 4.78 is 0. The van der Waals surface area contributed by atoms with E-state index in [-0.39, 0.29) is 40.4 Å². The Bertz CT molecular complexity index is 194. The zero-order valence-corrected chi connectivity index (χ0v) is 13.9. The monoisotopic (exact) mass is 375 g/mol. The second-order valence-electron chi connectivity index (χ2n) is 5.64. The van der Waals surface area contributed by atoms with Gasteiger partial charge in [0.1, 0.15) is 0 Å². The second kappa shape index (κ2) is 8.43. The SMILES string of the molecule is [CH2-]CCN1CCN(C2CCC(C)CC2)CC1.[Sm]. The van der Waals surface area contributed by atoms with Crippen molar-refractivity contribution in [2.24, 2.45) is 5.92 Å². The molecule has 2 rings (SSSR count). The smallest absolute Gasteiger partial charge is 0.0113 e. The first kappa shape index (κ1) is 16.3. The number of rotatable bonds is 3. The van der Waals surface area contributed by atoms with E-state index in [9.17, 15) is 0 Å². The topological polar surface area (TPSA) is 6.48 Å². The zero-order chi connectivity index (χ0) is 11.4. The molecule has 0 aromatic carbocycles. The van der Waals surface area contributed by atoms with Gasteiger partial charge in [-0.1, -0.05) is 6.92 Å². The molecule has 0 unspecified atom stereocenters. The third kappa shape index (κ3) is 5.03. The van der Waals surface area contributed by atoms with Crippen molar-refractivity contribution in [1.82, 2.24) is 9.80 Å². The molecule has 0 atom stereocenters. The average Bonchev–Trinajstić information content (AvgIpc) is 2.32. The van der Waals surface area contributed by atoms with Gasteiger partial charge in [0.05, 0.1) is 0 Å². The van der Waals surface area contributed by atoms with Crippen LogP contribution in [0.1, 0.15) is 39.0 Å². The van der Waals surface area contributed by atoms with Crippen LogP contribution in [0.4, 0.5) is 0 Å². The molecule has 0 N–H and O–H groups in total. The first-order valence-electron chi connectivity index (χ1n) is 7.05. The molecule has 3 heteroatoms. The molecule has 100 valence electrons. The van der Waals surface area contributed by atoms with Crippen LogP contribution >= 0.6 is 0 Å². The van der Waals surface area contributed by atoms with Crippen LogP contribution in [0.2, 0.25) is 0 Å². The number of hydrogen-bond donors (Lipinski definition) is 0. The largest absolute Gasteiger partial charge is 0.342 e. The van der Waals surface area contributed by atoms with Gasteiger partial charge in [-0.25, -0.2) is 0 Å². The predicted molar refractivity (Wildman–Crippen MR) is 69.4 cm³/mol. The van der Waals surface area contributed by atoms with Gasteiger partial charge in [0, 0.05) is 72.6 Å². The maximum absolute atomic E-state index is 3.94. The van der Waals surface area contributed by atoms with Crippen LogP contribution in [0.25, 0.3) is 0 Å². The molecule has 17 heavy (non-hydrogen) atoms. The molecule has 1 saturated carbocycles. The van der Waals surface area contributed by atoms with E-state index in [1.807, 2.05) is 0 Å². The number of piperazine rings is 1. The molecule has 1 aliphatic carbocycles. The quantitative estimate of drug-likeness (QED) is 0.701. The Kier molecular flexibility index (Phi) is 8.09. The van der Waals surface area contributed by atoms with E-state index in [1.165, 1.54) is 58.4 Å². The Morgan fingerprint density at radius 3 is 2.12 bits per heavy atom. The Morgan fingerprint density at radius 1 is 1.00 bits per heavy atom. The molecule has 2 fully saturated rings. The summed E-state index contributed by atoms with van der Waals surface area (Å²) in [6.07, 6.45) is 6.83. The van der Waals surface area contributed by atoms with Gasteiger partial charge in [0.2, 0.25) is 0 Å². The van der Waals surface area contributed by atoms with Crippen LogP contribution < -0.4 is 0 Å². The van der Waals surface area contributed by atoms with Crippen molar-refractivity contribution < 1.29 is 40.4 Å². The maximum atomic E-state index is 3.94. The van der Waals surface area contributed by atoms with Crippen LogP contribution in [0.15, 0.2) is 0 Å². The van der Waals surface area contributed by atoms with E-state index in [2.05, 4.69) is 23.6 Å². The molecule has 1 saturated heterocycles. The number of hydrogen-bond acceptors (Lipinski definition) is 2. The van der Waals surface area contributed by atoms with Crippen molar-refractivity contribution in [1.29, 1.82) is 0 Å². The fraction of sp³-hybridized carbons (Fsp3) is 0.929. The summed E-state index contributed by atoms with van der Waals surface area (Å²) in [7, 11) is 0. The molecule has 0 aromatic rings. The predicted octanol–water partition coefficient (Wildman–Crippen LogP) is 2.41. The summed E-state index contributed by atoms with van der Waals surface area (Å²) in [5.74, 6) is 0.976. The van der Waals surface area contributed by atoms with Crippen molar-refractivity contribution >= 4 is 0 Å². The summed E-state index contributed by atoms with van der Waals surface area (Å²) in [5, 5.41) is 0. The van der Waals surface area contributed by atoms with Gasteiger partial charge in [-0.05, 0) is 38.1 Å². The molecule has 0 aromatic heterocycles. The maximum Gasteiger partial charge on any atom is 0.0113 e. The molecule has 0 radical (unpaired) electrons. The van der Waals surface area contributed by atoms with Crippen LogP contribution in [-0.4, -0.2) is 48.6 Å². The Labute approximate surface area is 140 Å². The van der Waals surface area contributed by atoms with Crippen LogP contribution in [-0.2, 0) is 0 Å². The third-order valence-corrected chi connectivity index (χ3v) is 4.38. The van der Waals surface area contributed by atoms with Crippen LogP contribution in [0.5, 0.6) is 0 Å². The summed E-state index contributed by atoms with van der Waals surface area (Å²) in [6, 6.07) is 0.901. The Hall–Kier alpha value is 1.26. The summed E-state index contributed by atoms with van der Waals surface area (Å²) >= 11 is 0. The summed E-state index contributed by atoms with van der Waals surface area (Å²) in [5.41, 5.74) is 0. The van der Waals surface area contributed by atoms with E-state index < -0.39 is 0 Å². The molecule has 2 nitrogen and oxygen atoms in total. The zero-order valence-electron chi connectivity index (χ0n) is 11.2. The second-order valence-corrected chi connectivity index (χ2v) is 5.64. The fourth-order valence-corrected chi connectivity index (χ4v) is 3.18. The molecule has 1 heterocycles. The fourth-order valence-electron chi connectivity index (χ4n) is 3.18. The minimum Gasteiger partial charge on any atom is -0.342 e. The molecule has 1 aliphatic heterocycles. The van der Waals surface area contributed by atoms with Gasteiger partial charge < -0.3 is 11.8 Å². The molecular formula is C14H27N2Sm-. The Balaban J connectivity index is 0.00000144. The van der Waals surface area contributed by atoms with Gasteiger partial charge in [-0.2, -0.15) is 6.42 Å². The van der Waals surface area contributed by atoms with Crippen molar-refractivity contribution in [2.45, 2.75) is 45.1 Å². The van der Waals surface area contributed by atoms with Crippen molar-refractivity contribution in [3.05, 3.63) is 6.92 Å². The van der Waals surface area contributed by atoms with Crippen molar-refractivity contribution in [3.63, 3.8) is 0 Å². The normalized spacial score (nSPS) is 32.1. The summed E-state index contributed by atoms with van der Waals surface area (Å²) in [6.45, 7) is 12.6. The molecule has 0 amide bonds. The van der Waals surface area contributed by atoms with E-state index >= 15 is 0 Å². The summed E-state index contributed by atoms with van der Waals surface area (Å²) in [4.78, 5) is 5.31. The molecular weight excluding hydrogens is 347 g/mol. The molecule has 0 spiro atoms. The van der Waals surface area contributed by atoms with Gasteiger partial charge in [-0.15, -0.1) is 0 Å². The minimum atomic E-state index is 0. The van der Waals surface area contributed by atoms with Gasteiger partial charge >= 0.3 is 0 Å². The van der Waals surface area contributed by atoms with Crippen molar-refractivity contribution in [3.8, 4) is 0 Å². The van der Waals surface area contributed by atoms with Crippen LogP contribution in [0.3, 0.4) is 0 Å². The van der Waals surface area contributed by atoms with Gasteiger partial charge in [0.25, 0.3) is 0 Å². The standard InChI is InChI=1S/C14H27N2.Sm/c1-3-8-15-9-11-16(12-10-15)14-6-4-13(2)5-7-14;/h13-14H,1,3-12H2,2H3;/q-1;. The van der Waals surface area contributed by atoms with E-state index in [1.54, 1.807) is 0 Å². The van der Waals surface area contributed by atoms with Gasteiger partial charge in [0.15, 0.2) is 0 Å². The molecule has 2 aliphatic rings. The average molecular weight is 374 g/mol. The third-order valence-electron chi connectivity index (χ3n) is 4.38. The van der Waals surface area contributed by atoms with E-state index in [0.29, 0.717) is 0 Å². The first-order chi connectivity index (χ1) is 7.79. The van der Waals surface area contributed by atoms with Crippen LogP contribution in [0, 0.1) is 53.2 Å². The van der Waals surface area contributed by atoms with Crippen molar-refractivity contribution in [2.75, 3.05) is 32.7 Å². The van der Waals surface area contributed by atoms with E-state index in [4.69, 9.17) is 0 Å². The Morgan fingerprint density at radius 2 is 1.59 bits per heavy atom. The molecule has 0 bridgehead atoms. The number of nitrogens with zero attached hydrogens (tertiary/aromatic N) is 2. The van der Waals surface area contributed by atoms with E-state index in [0.717, 1.165) is 18.4 Å². The van der Waals surface area contributed by atoms with Gasteiger partial charge in [-0.3, -0.25) is 4.90 Å². The minimum absolute atomic E-state index is 0.